The van der Waals surface area contributed by atoms with Crippen molar-refractivity contribution >= 4 is 40.1 Å². The molecule has 192 valence electrons. The van der Waals surface area contributed by atoms with Crippen LogP contribution in [-0.4, -0.2) is 47.0 Å². The summed E-state index contributed by atoms with van der Waals surface area (Å²) in [6.45, 7) is 0. The lowest BCUT2D eigenvalue weighted by molar-refractivity contribution is -0.140. The monoisotopic (exact) mass is 518 g/mol. The summed E-state index contributed by atoms with van der Waals surface area (Å²) >= 11 is 1.36. The van der Waals surface area contributed by atoms with Crippen molar-refractivity contribution in [3.8, 4) is 22.4 Å². The van der Waals surface area contributed by atoms with Crippen LogP contribution in [0.4, 0.5) is 10.9 Å². The van der Waals surface area contributed by atoms with Gasteiger partial charge >= 0.3 is 5.97 Å². The number of benzene rings is 1. The van der Waals surface area contributed by atoms with Crippen LogP contribution in [0, 0.1) is 11.8 Å². The summed E-state index contributed by atoms with van der Waals surface area (Å²) in [7, 11) is 3.41. The number of carboxylic acid groups (broad SMARTS) is 1. The Labute approximate surface area is 220 Å². The number of carbonyl (C=O) groups excluding carboxylic acids is 2. The van der Waals surface area contributed by atoms with Gasteiger partial charge in [0.1, 0.15) is 5.82 Å². The molecule has 5 rings (SSSR count). The zero-order chi connectivity index (χ0) is 26.1. The molecule has 3 aromatic rings. The molecule has 2 aliphatic rings. The van der Waals surface area contributed by atoms with Gasteiger partial charge in [-0.2, -0.15) is 0 Å². The topological polar surface area (TPSA) is 104 Å². The average molecular weight is 519 g/mol. The fourth-order valence-corrected chi connectivity index (χ4v) is 6.28. The Bertz CT molecular complexity index is 1350. The van der Waals surface area contributed by atoms with Crippen molar-refractivity contribution in [3.05, 3.63) is 47.5 Å². The summed E-state index contributed by atoms with van der Waals surface area (Å²) in [5, 5.41) is 11.9. The molecule has 1 atom stereocenters. The van der Waals surface area contributed by atoms with Gasteiger partial charge in [-0.05, 0) is 24.0 Å². The highest BCUT2D eigenvalue weighted by atomic mass is 32.1. The number of anilines is 2. The van der Waals surface area contributed by atoms with E-state index in [1.807, 2.05) is 35.7 Å². The number of carbonyl (C=O) groups is 3. The number of hydrogen-bond donors (Lipinski definition) is 1. The number of aromatic nitrogens is 2. The van der Waals surface area contributed by atoms with Crippen molar-refractivity contribution in [2.75, 3.05) is 23.9 Å². The van der Waals surface area contributed by atoms with Crippen LogP contribution in [0.1, 0.15) is 44.1 Å². The van der Waals surface area contributed by atoms with Gasteiger partial charge in [0, 0.05) is 48.3 Å². The van der Waals surface area contributed by atoms with Crippen molar-refractivity contribution < 1.29 is 19.5 Å². The lowest BCUT2D eigenvalue weighted by Gasteiger charge is -2.23. The van der Waals surface area contributed by atoms with Gasteiger partial charge in [0.2, 0.25) is 11.8 Å². The Morgan fingerprint density at radius 2 is 1.95 bits per heavy atom. The first-order valence-electron chi connectivity index (χ1n) is 12.6. The Morgan fingerprint density at radius 3 is 2.68 bits per heavy atom. The molecule has 1 aliphatic carbocycles. The quantitative estimate of drug-likeness (QED) is 0.449. The van der Waals surface area contributed by atoms with E-state index in [9.17, 15) is 19.5 Å². The minimum absolute atomic E-state index is 0.0268. The third-order valence-electron chi connectivity index (χ3n) is 7.46. The summed E-state index contributed by atoms with van der Waals surface area (Å²) in [4.78, 5) is 49.4. The van der Waals surface area contributed by atoms with E-state index in [-0.39, 0.29) is 18.2 Å². The third kappa shape index (κ3) is 5.13. The Morgan fingerprint density at radius 1 is 1.22 bits per heavy atom. The molecule has 1 aliphatic heterocycles. The van der Waals surface area contributed by atoms with Gasteiger partial charge in [0.25, 0.3) is 0 Å². The van der Waals surface area contributed by atoms with E-state index >= 15 is 0 Å². The van der Waals surface area contributed by atoms with E-state index in [1.165, 1.54) is 16.2 Å². The molecule has 9 heteroatoms. The molecule has 1 fully saturated rings. The standard InChI is InChI=1S/C28H30N4O4S/c1-31-24(33)13-18-12-20(15-29-26(18)31)21-9-5-6-10-22(21)23-16-37-28(30-23)32(2)27(36)19(14-25(34)35)11-17-7-3-4-8-17/h5-6,9-10,12,15-17,19H,3-4,7-8,11,13-14H2,1-2H3,(H,34,35). The van der Waals surface area contributed by atoms with Crippen molar-refractivity contribution in [2.24, 2.45) is 11.8 Å². The molecule has 1 unspecified atom stereocenters. The molecule has 0 spiro atoms. The maximum absolute atomic E-state index is 13.4. The molecule has 8 nitrogen and oxygen atoms in total. The Balaban J connectivity index is 1.40. The first-order chi connectivity index (χ1) is 17.8. The van der Waals surface area contributed by atoms with Crippen LogP contribution in [0.15, 0.2) is 41.9 Å². The fourth-order valence-electron chi connectivity index (χ4n) is 5.48. The largest absolute Gasteiger partial charge is 0.481 e. The lowest BCUT2D eigenvalue weighted by atomic mass is 9.90. The molecule has 2 amide bonds. The molecular weight excluding hydrogens is 488 g/mol. The van der Waals surface area contributed by atoms with E-state index in [4.69, 9.17) is 4.98 Å². The molecule has 1 aromatic carbocycles. The highest BCUT2D eigenvalue weighted by Crippen LogP contribution is 2.37. The zero-order valence-corrected chi connectivity index (χ0v) is 21.8. The van der Waals surface area contributed by atoms with E-state index < -0.39 is 11.9 Å². The van der Waals surface area contributed by atoms with Crippen molar-refractivity contribution in [1.82, 2.24) is 9.97 Å². The second kappa shape index (κ2) is 10.4. The van der Waals surface area contributed by atoms with Crippen LogP contribution in [0.5, 0.6) is 0 Å². The SMILES string of the molecule is CN(C(=O)C(CC(=O)O)CC1CCCC1)c1nc(-c2ccccc2-c2cnc3c(c2)CC(=O)N3C)cs1. The van der Waals surface area contributed by atoms with Gasteiger partial charge in [0.05, 0.1) is 18.5 Å². The summed E-state index contributed by atoms with van der Waals surface area (Å²) in [5.74, 6) is -0.566. The molecule has 37 heavy (non-hydrogen) atoms. The molecule has 0 radical (unpaired) electrons. The number of likely N-dealkylation sites (N-methyl/N-ethyl adjacent to an activating group) is 1. The van der Waals surface area contributed by atoms with Crippen LogP contribution >= 0.6 is 11.3 Å². The average Bonchev–Trinajstić information content (AvgIpc) is 3.64. The predicted molar refractivity (Wildman–Crippen MR) is 144 cm³/mol. The number of thiazole rings is 1. The number of pyridine rings is 1. The molecule has 1 N–H and O–H groups in total. The number of aliphatic carboxylic acids is 1. The first kappa shape index (κ1) is 25.1. The maximum Gasteiger partial charge on any atom is 0.304 e. The maximum atomic E-state index is 13.4. The molecule has 2 aromatic heterocycles. The van der Waals surface area contributed by atoms with Gasteiger partial charge in [-0.1, -0.05) is 49.9 Å². The van der Waals surface area contributed by atoms with Crippen LogP contribution in [0.25, 0.3) is 22.4 Å². The summed E-state index contributed by atoms with van der Waals surface area (Å²) in [6.07, 6.45) is 6.98. The number of hydrogen-bond acceptors (Lipinski definition) is 6. The van der Waals surface area contributed by atoms with E-state index in [2.05, 4.69) is 4.98 Å². The first-order valence-corrected chi connectivity index (χ1v) is 13.5. The normalized spacial score (nSPS) is 16.2. The number of fused-ring (bicyclic) bond motifs is 1. The Kier molecular flexibility index (Phi) is 7.06. The second-order valence-electron chi connectivity index (χ2n) is 9.98. The fraction of sp³-hybridized carbons (Fsp3) is 0.393. The van der Waals surface area contributed by atoms with Crippen molar-refractivity contribution in [2.45, 2.75) is 44.9 Å². The highest BCUT2D eigenvalue weighted by Gasteiger charge is 2.31. The molecular formula is C28H30N4O4S. The van der Waals surface area contributed by atoms with E-state index in [1.54, 1.807) is 25.2 Å². The van der Waals surface area contributed by atoms with Crippen LogP contribution in [0.2, 0.25) is 0 Å². The second-order valence-corrected chi connectivity index (χ2v) is 10.8. The van der Waals surface area contributed by atoms with Crippen molar-refractivity contribution in [3.63, 3.8) is 0 Å². The van der Waals surface area contributed by atoms with Crippen molar-refractivity contribution in [1.29, 1.82) is 0 Å². The van der Waals surface area contributed by atoms with Crippen LogP contribution in [0.3, 0.4) is 0 Å². The Hall–Kier alpha value is -3.59. The van der Waals surface area contributed by atoms with Gasteiger partial charge < -0.3 is 5.11 Å². The van der Waals surface area contributed by atoms with Crippen LogP contribution in [-0.2, 0) is 20.8 Å². The zero-order valence-electron chi connectivity index (χ0n) is 21.0. The summed E-state index contributed by atoms with van der Waals surface area (Å²) < 4.78 is 0. The number of nitrogens with zero attached hydrogens (tertiary/aromatic N) is 4. The molecule has 3 heterocycles. The van der Waals surface area contributed by atoms with Gasteiger partial charge in [-0.25, -0.2) is 9.97 Å². The summed E-state index contributed by atoms with van der Waals surface area (Å²) in [5.41, 5.74) is 4.37. The predicted octanol–water partition coefficient (Wildman–Crippen LogP) is 5.03. The van der Waals surface area contributed by atoms with E-state index in [0.717, 1.165) is 53.6 Å². The molecule has 1 saturated carbocycles. The number of carboxylic acids is 1. The number of amides is 2. The minimum atomic E-state index is -0.950. The van der Waals surface area contributed by atoms with Gasteiger partial charge in [0.15, 0.2) is 5.13 Å². The van der Waals surface area contributed by atoms with Crippen LogP contribution < -0.4 is 9.80 Å². The molecule has 0 saturated heterocycles. The smallest absolute Gasteiger partial charge is 0.304 e. The summed E-state index contributed by atoms with van der Waals surface area (Å²) in [6, 6.07) is 9.87. The van der Waals surface area contributed by atoms with Gasteiger partial charge in [-0.15, -0.1) is 11.3 Å². The van der Waals surface area contributed by atoms with Gasteiger partial charge in [-0.3, -0.25) is 24.2 Å². The lowest BCUT2D eigenvalue weighted by Crippen LogP contribution is -2.35. The minimum Gasteiger partial charge on any atom is -0.481 e. The third-order valence-corrected chi connectivity index (χ3v) is 8.38. The number of rotatable bonds is 8. The van der Waals surface area contributed by atoms with E-state index in [0.29, 0.717) is 29.7 Å². The molecule has 0 bridgehead atoms. The highest BCUT2D eigenvalue weighted by molar-refractivity contribution is 7.14.